The summed E-state index contributed by atoms with van der Waals surface area (Å²) in [5.41, 5.74) is 4.10. The van der Waals surface area contributed by atoms with E-state index in [1.54, 1.807) is 0 Å². The summed E-state index contributed by atoms with van der Waals surface area (Å²) >= 11 is 6.15. The van der Waals surface area contributed by atoms with Crippen molar-refractivity contribution in [1.82, 2.24) is 19.7 Å². The van der Waals surface area contributed by atoms with Gasteiger partial charge in [0.2, 0.25) is 5.91 Å². The average Bonchev–Trinajstić information content (AvgIpc) is 3.39. The van der Waals surface area contributed by atoms with E-state index in [1.165, 1.54) is 28.7 Å². The highest BCUT2D eigenvalue weighted by atomic mass is 79.9. The number of carbonyl (C=O) groups excluding carboxylic acids is 1. The maximum absolute atomic E-state index is 12.4. The quantitative estimate of drug-likeness (QED) is 0.290. The largest absolute Gasteiger partial charge is 0.485 e. The summed E-state index contributed by atoms with van der Waals surface area (Å²) in [5, 5.41) is 14.4. The number of aryl methyl sites for hydroxylation is 2. The van der Waals surface area contributed by atoms with E-state index in [1.807, 2.05) is 60.3 Å². The Hall–Kier alpha value is -2.69. The molecule has 0 saturated heterocycles. The predicted molar refractivity (Wildman–Crippen MR) is 136 cm³/mol. The van der Waals surface area contributed by atoms with Crippen LogP contribution in [-0.2, 0) is 18.4 Å². The Morgan fingerprint density at radius 1 is 1.18 bits per heavy atom. The molecule has 4 rings (SSSR count). The van der Waals surface area contributed by atoms with E-state index in [0.717, 1.165) is 27.0 Å². The van der Waals surface area contributed by atoms with E-state index in [-0.39, 0.29) is 11.7 Å². The van der Waals surface area contributed by atoms with Gasteiger partial charge in [-0.25, -0.2) is 4.98 Å². The highest BCUT2D eigenvalue weighted by Gasteiger charge is 2.14. The van der Waals surface area contributed by atoms with Gasteiger partial charge in [-0.3, -0.25) is 4.79 Å². The molecule has 0 aliphatic rings. The van der Waals surface area contributed by atoms with Gasteiger partial charge in [0.1, 0.15) is 12.4 Å². The zero-order valence-electron chi connectivity index (χ0n) is 18.3. The molecule has 4 aromatic rings. The normalized spacial score (nSPS) is 10.9. The Balaban J connectivity index is 1.30. The minimum absolute atomic E-state index is 0.146. The number of nitrogens with one attached hydrogen (secondary N) is 1. The fourth-order valence-corrected chi connectivity index (χ4v) is 4.80. The van der Waals surface area contributed by atoms with E-state index >= 15 is 0 Å². The molecule has 7 nitrogen and oxygen atoms in total. The van der Waals surface area contributed by atoms with Crippen LogP contribution in [-0.4, -0.2) is 31.4 Å². The number of anilines is 1. The molecular formula is C23H22BrN5O2S2. The van der Waals surface area contributed by atoms with Crippen LogP contribution in [0.5, 0.6) is 5.75 Å². The van der Waals surface area contributed by atoms with Crippen molar-refractivity contribution in [2.45, 2.75) is 25.6 Å². The molecule has 0 fully saturated rings. The lowest BCUT2D eigenvalue weighted by Crippen LogP contribution is -2.14. The summed E-state index contributed by atoms with van der Waals surface area (Å²) in [7, 11) is 1.87. The number of nitrogens with zero attached hydrogens (tertiary/aromatic N) is 4. The topological polar surface area (TPSA) is 81.9 Å². The SMILES string of the molecule is Cc1ccc(OCc2nnc(SCC(=O)Nc3nc(-c4ccc(Br)cc4)cs3)n2C)c(C)c1. The Bertz CT molecular complexity index is 1270. The highest BCUT2D eigenvalue weighted by Crippen LogP contribution is 2.26. The molecule has 170 valence electrons. The van der Waals surface area contributed by atoms with Crippen molar-refractivity contribution in [3.05, 3.63) is 69.3 Å². The Labute approximate surface area is 208 Å². The van der Waals surface area contributed by atoms with E-state index in [0.29, 0.717) is 22.7 Å². The maximum Gasteiger partial charge on any atom is 0.236 e. The number of carbonyl (C=O) groups is 1. The molecular weight excluding hydrogens is 522 g/mol. The first-order valence-corrected chi connectivity index (χ1v) is 12.8. The van der Waals surface area contributed by atoms with Crippen molar-refractivity contribution in [2.75, 3.05) is 11.1 Å². The van der Waals surface area contributed by atoms with Gasteiger partial charge in [-0.05, 0) is 37.6 Å². The van der Waals surface area contributed by atoms with Crippen LogP contribution in [0.3, 0.4) is 0 Å². The van der Waals surface area contributed by atoms with Crippen LogP contribution in [0.2, 0.25) is 0 Å². The van der Waals surface area contributed by atoms with E-state index < -0.39 is 0 Å². The first kappa shape index (κ1) is 23.5. The van der Waals surface area contributed by atoms with E-state index in [9.17, 15) is 4.79 Å². The van der Waals surface area contributed by atoms with Crippen molar-refractivity contribution in [2.24, 2.45) is 7.05 Å². The summed E-state index contributed by atoms with van der Waals surface area (Å²) in [5.74, 6) is 1.57. The zero-order valence-corrected chi connectivity index (χ0v) is 21.6. The van der Waals surface area contributed by atoms with Gasteiger partial charge in [-0.2, -0.15) is 0 Å². The molecule has 1 amide bonds. The summed E-state index contributed by atoms with van der Waals surface area (Å²) in [4.78, 5) is 16.9. The fraction of sp³-hybridized carbons (Fsp3) is 0.217. The Morgan fingerprint density at radius 3 is 2.73 bits per heavy atom. The first-order chi connectivity index (χ1) is 15.9. The second-order valence-electron chi connectivity index (χ2n) is 7.40. The number of thioether (sulfide) groups is 1. The molecule has 10 heteroatoms. The van der Waals surface area contributed by atoms with Crippen LogP contribution < -0.4 is 10.1 Å². The Kier molecular flexibility index (Phi) is 7.46. The Morgan fingerprint density at radius 2 is 1.97 bits per heavy atom. The second kappa shape index (κ2) is 10.5. The molecule has 0 aliphatic heterocycles. The van der Waals surface area contributed by atoms with Crippen molar-refractivity contribution in [3.8, 4) is 17.0 Å². The molecule has 1 N–H and O–H groups in total. The molecule has 2 aromatic heterocycles. The van der Waals surface area contributed by atoms with Crippen LogP contribution in [0.25, 0.3) is 11.3 Å². The summed E-state index contributed by atoms with van der Waals surface area (Å²) < 4.78 is 8.75. The van der Waals surface area contributed by atoms with Crippen molar-refractivity contribution >= 4 is 50.1 Å². The lowest BCUT2D eigenvalue weighted by molar-refractivity contribution is -0.113. The van der Waals surface area contributed by atoms with Gasteiger partial charge in [-0.1, -0.05) is 57.5 Å². The fourth-order valence-electron chi connectivity index (χ4n) is 3.07. The summed E-state index contributed by atoms with van der Waals surface area (Å²) in [6.45, 7) is 4.37. The average molecular weight is 545 g/mol. The molecule has 33 heavy (non-hydrogen) atoms. The summed E-state index contributed by atoms with van der Waals surface area (Å²) in [6.07, 6.45) is 0. The minimum Gasteiger partial charge on any atom is -0.485 e. The molecule has 0 radical (unpaired) electrons. The number of halogens is 1. The maximum atomic E-state index is 12.4. The van der Waals surface area contributed by atoms with Gasteiger partial charge < -0.3 is 14.6 Å². The van der Waals surface area contributed by atoms with Gasteiger partial charge >= 0.3 is 0 Å². The smallest absolute Gasteiger partial charge is 0.236 e. The number of hydrogen-bond acceptors (Lipinski definition) is 7. The number of aromatic nitrogens is 4. The lowest BCUT2D eigenvalue weighted by Gasteiger charge is -2.09. The molecule has 2 aromatic carbocycles. The molecule has 0 aliphatic carbocycles. The third-order valence-electron chi connectivity index (χ3n) is 4.84. The van der Waals surface area contributed by atoms with Gasteiger partial charge in [-0.15, -0.1) is 21.5 Å². The van der Waals surface area contributed by atoms with Crippen LogP contribution in [0.4, 0.5) is 5.13 Å². The van der Waals surface area contributed by atoms with Crippen LogP contribution >= 0.6 is 39.0 Å². The zero-order chi connectivity index (χ0) is 23.4. The number of rotatable bonds is 8. The van der Waals surface area contributed by atoms with E-state index in [4.69, 9.17) is 4.74 Å². The van der Waals surface area contributed by atoms with Gasteiger partial charge in [0.25, 0.3) is 0 Å². The third-order valence-corrected chi connectivity index (χ3v) is 7.14. The second-order valence-corrected chi connectivity index (χ2v) is 10.1. The van der Waals surface area contributed by atoms with Gasteiger partial charge in [0.15, 0.2) is 16.1 Å². The van der Waals surface area contributed by atoms with Crippen molar-refractivity contribution in [3.63, 3.8) is 0 Å². The van der Waals surface area contributed by atoms with Gasteiger partial charge in [0.05, 0.1) is 11.4 Å². The van der Waals surface area contributed by atoms with Crippen LogP contribution in [0.15, 0.2) is 57.5 Å². The number of thiazole rings is 1. The monoisotopic (exact) mass is 543 g/mol. The summed E-state index contributed by atoms with van der Waals surface area (Å²) in [6, 6.07) is 13.9. The number of hydrogen-bond donors (Lipinski definition) is 1. The number of ether oxygens (including phenoxy) is 1. The van der Waals surface area contributed by atoms with Crippen LogP contribution in [0, 0.1) is 13.8 Å². The third kappa shape index (κ3) is 6.01. The highest BCUT2D eigenvalue weighted by molar-refractivity contribution is 9.10. The molecule has 2 heterocycles. The minimum atomic E-state index is -0.146. The van der Waals surface area contributed by atoms with Crippen LogP contribution in [0.1, 0.15) is 17.0 Å². The van der Waals surface area contributed by atoms with E-state index in [2.05, 4.69) is 49.4 Å². The standard InChI is InChI=1S/C23H22BrN5O2S2/c1-14-4-9-19(15(2)10-14)31-11-20-27-28-23(29(20)3)33-13-21(30)26-22-25-18(12-32-22)16-5-7-17(24)8-6-16/h4-10,12H,11,13H2,1-3H3,(H,25,26,30). The van der Waals surface area contributed by atoms with Crippen molar-refractivity contribution < 1.29 is 9.53 Å². The van der Waals surface area contributed by atoms with Gasteiger partial charge in [0, 0.05) is 22.5 Å². The number of benzene rings is 2. The molecule has 0 spiro atoms. The molecule has 0 unspecified atom stereocenters. The van der Waals surface area contributed by atoms with Crippen molar-refractivity contribution in [1.29, 1.82) is 0 Å². The lowest BCUT2D eigenvalue weighted by atomic mass is 10.1. The molecule has 0 bridgehead atoms. The molecule has 0 saturated carbocycles. The number of amides is 1. The predicted octanol–water partition coefficient (Wildman–Crippen LogP) is 5.63. The molecule has 0 atom stereocenters. The first-order valence-electron chi connectivity index (χ1n) is 10.1.